The van der Waals surface area contributed by atoms with Crippen molar-refractivity contribution in [2.24, 2.45) is 0 Å². The van der Waals surface area contributed by atoms with E-state index in [4.69, 9.17) is 23.2 Å². The SMILES string of the molecule is O=C(CNc1cc(Cl)c(F)c(Cl)c1)Nc1ccc(Br)cc1. The molecule has 2 N–H and O–H groups in total. The smallest absolute Gasteiger partial charge is 0.243 e. The molecule has 0 heterocycles. The van der Waals surface area contributed by atoms with Crippen LogP contribution in [-0.4, -0.2) is 12.5 Å². The number of halogens is 4. The standard InChI is InChI=1S/C14H10BrCl2FN2O/c15-8-1-3-9(4-2-8)20-13(21)7-19-10-5-11(16)14(18)12(17)6-10/h1-6,19H,7H2,(H,20,21). The summed E-state index contributed by atoms with van der Waals surface area (Å²) in [7, 11) is 0. The van der Waals surface area contributed by atoms with Crippen molar-refractivity contribution in [3.63, 3.8) is 0 Å². The normalized spacial score (nSPS) is 10.3. The first-order chi connectivity index (χ1) is 9.95. The first-order valence-electron chi connectivity index (χ1n) is 5.89. The van der Waals surface area contributed by atoms with Gasteiger partial charge in [0.15, 0.2) is 5.82 Å². The van der Waals surface area contributed by atoms with E-state index in [1.54, 1.807) is 12.1 Å². The Labute approximate surface area is 139 Å². The molecule has 2 rings (SSSR count). The highest BCUT2D eigenvalue weighted by Crippen LogP contribution is 2.27. The van der Waals surface area contributed by atoms with Gasteiger partial charge in [0.1, 0.15) is 0 Å². The van der Waals surface area contributed by atoms with E-state index in [0.717, 1.165) is 4.47 Å². The molecule has 0 aromatic heterocycles. The predicted octanol–water partition coefficient (Wildman–Crippen LogP) is 4.95. The number of nitrogens with one attached hydrogen (secondary N) is 2. The summed E-state index contributed by atoms with van der Waals surface area (Å²) >= 11 is 14.7. The van der Waals surface area contributed by atoms with Crippen LogP contribution in [0.15, 0.2) is 40.9 Å². The maximum Gasteiger partial charge on any atom is 0.243 e. The molecule has 0 saturated heterocycles. The fourth-order valence-electron chi connectivity index (χ4n) is 1.58. The highest BCUT2D eigenvalue weighted by atomic mass is 79.9. The van der Waals surface area contributed by atoms with E-state index >= 15 is 0 Å². The van der Waals surface area contributed by atoms with Gasteiger partial charge in [-0.05, 0) is 36.4 Å². The molecule has 0 unspecified atom stereocenters. The van der Waals surface area contributed by atoms with Crippen molar-refractivity contribution >= 4 is 56.4 Å². The van der Waals surface area contributed by atoms with Crippen molar-refractivity contribution in [2.75, 3.05) is 17.2 Å². The van der Waals surface area contributed by atoms with Gasteiger partial charge in [-0.1, -0.05) is 39.1 Å². The maximum atomic E-state index is 13.3. The van der Waals surface area contributed by atoms with Crippen molar-refractivity contribution in [2.45, 2.75) is 0 Å². The van der Waals surface area contributed by atoms with Gasteiger partial charge in [-0.15, -0.1) is 0 Å². The molecular formula is C14H10BrCl2FN2O. The van der Waals surface area contributed by atoms with Gasteiger partial charge in [-0.25, -0.2) is 4.39 Å². The van der Waals surface area contributed by atoms with E-state index in [9.17, 15) is 9.18 Å². The Morgan fingerprint density at radius 3 is 2.24 bits per heavy atom. The molecule has 0 aliphatic carbocycles. The van der Waals surface area contributed by atoms with Crippen LogP contribution in [0.2, 0.25) is 10.0 Å². The summed E-state index contributed by atoms with van der Waals surface area (Å²) in [4.78, 5) is 11.8. The Balaban J connectivity index is 1.93. The van der Waals surface area contributed by atoms with Crippen LogP contribution in [0.25, 0.3) is 0 Å². The number of carbonyl (C=O) groups excluding carboxylic acids is 1. The van der Waals surface area contributed by atoms with Crippen molar-refractivity contribution in [1.29, 1.82) is 0 Å². The number of hydrogen-bond donors (Lipinski definition) is 2. The molecule has 2 aromatic carbocycles. The van der Waals surface area contributed by atoms with Crippen LogP contribution in [0.3, 0.4) is 0 Å². The lowest BCUT2D eigenvalue weighted by Gasteiger charge is -2.09. The van der Waals surface area contributed by atoms with E-state index in [-0.39, 0.29) is 22.5 Å². The Morgan fingerprint density at radius 2 is 1.67 bits per heavy atom. The first-order valence-corrected chi connectivity index (χ1v) is 7.44. The Bertz CT molecular complexity index is 642. The fraction of sp³-hybridized carbons (Fsp3) is 0.0714. The number of amides is 1. The highest BCUT2D eigenvalue weighted by Gasteiger charge is 2.08. The monoisotopic (exact) mass is 390 g/mol. The number of rotatable bonds is 4. The van der Waals surface area contributed by atoms with E-state index in [1.807, 2.05) is 12.1 Å². The third-order valence-corrected chi connectivity index (χ3v) is 3.64. The molecule has 110 valence electrons. The summed E-state index contributed by atoms with van der Waals surface area (Å²) < 4.78 is 14.2. The summed E-state index contributed by atoms with van der Waals surface area (Å²) in [6, 6.07) is 9.93. The van der Waals surface area contributed by atoms with Gasteiger partial charge in [0.2, 0.25) is 5.91 Å². The maximum absolute atomic E-state index is 13.3. The Morgan fingerprint density at radius 1 is 1.10 bits per heavy atom. The topological polar surface area (TPSA) is 41.1 Å². The highest BCUT2D eigenvalue weighted by molar-refractivity contribution is 9.10. The van der Waals surface area contributed by atoms with Crippen molar-refractivity contribution in [1.82, 2.24) is 0 Å². The van der Waals surface area contributed by atoms with Crippen LogP contribution < -0.4 is 10.6 Å². The van der Waals surface area contributed by atoms with E-state index < -0.39 is 5.82 Å². The predicted molar refractivity (Wildman–Crippen MR) is 87.7 cm³/mol. The lowest BCUT2D eigenvalue weighted by Crippen LogP contribution is -2.21. The quantitative estimate of drug-likeness (QED) is 0.724. The minimum atomic E-state index is -0.678. The molecule has 0 spiro atoms. The third kappa shape index (κ3) is 4.59. The average molecular weight is 392 g/mol. The molecule has 0 saturated carbocycles. The lowest BCUT2D eigenvalue weighted by molar-refractivity contribution is -0.114. The Hall–Kier alpha value is -1.30. The molecule has 0 aliphatic rings. The molecule has 0 aliphatic heterocycles. The number of hydrogen-bond acceptors (Lipinski definition) is 2. The minimum absolute atomic E-state index is 0.00829. The zero-order valence-corrected chi connectivity index (χ0v) is 13.7. The number of anilines is 2. The zero-order chi connectivity index (χ0) is 15.4. The van der Waals surface area contributed by atoms with Gasteiger partial charge >= 0.3 is 0 Å². The second-order valence-corrected chi connectivity index (χ2v) is 5.89. The fourth-order valence-corrected chi connectivity index (χ4v) is 2.33. The van der Waals surface area contributed by atoms with Crippen LogP contribution in [-0.2, 0) is 4.79 Å². The largest absolute Gasteiger partial charge is 0.376 e. The summed E-state index contributed by atoms with van der Waals surface area (Å²) in [6.45, 7) is 0.00829. The number of benzene rings is 2. The van der Waals surface area contributed by atoms with Gasteiger partial charge in [0, 0.05) is 15.8 Å². The molecule has 0 fully saturated rings. The van der Waals surface area contributed by atoms with Crippen molar-refractivity contribution in [3.05, 3.63) is 56.7 Å². The van der Waals surface area contributed by atoms with Gasteiger partial charge in [-0.2, -0.15) is 0 Å². The van der Waals surface area contributed by atoms with Gasteiger partial charge in [0.05, 0.1) is 16.6 Å². The summed E-state index contributed by atoms with van der Waals surface area (Å²) in [5, 5.41) is 5.35. The van der Waals surface area contributed by atoms with Gasteiger partial charge in [-0.3, -0.25) is 4.79 Å². The van der Waals surface area contributed by atoms with Crippen LogP contribution in [0, 0.1) is 5.82 Å². The lowest BCUT2D eigenvalue weighted by atomic mass is 10.3. The molecule has 7 heteroatoms. The molecule has 3 nitrogen and oxygen atoms in total. The average Bonchev–Trinajstić information content (AvgIpc) is 2.45. The third-order valence-electron chi connectivity index (χ3n) is 2.56. The van der Waals surface area contributed by atoms with Crippen molar-refractivity contribution in [3.8, 4) is 0 Å². The summed E-state index contributed by atoms with van der Waals surface area (Å²) in [5.41, 5.74) is 1.15. The molecule has 0 bridgehead atoms. The van der Waals surface area contributed by atoms with E-state index in [1.165, 1.54) is 12.1 Å². The zero-order valence-electron chi connectivity index (χ0n) is 10.6. The second kappa shape index (κ2) is 7.11. The van der Waals surface area contributed by atoms with Gasteiger partial charge < -0.3 is 10.6 Å². The molecular weight excluding hydrogens is 382 g/mol. The van der Waals surface area contributed by atoms with E-state index in [2.05, 4.69) is 26.6 Å². The van der Waals surface area contributed by atoms with Crippen molar-refractivity contribution < 1.29 is 9.18 Å². The van der Waals surface area contributed by atoms with Crippen LogP contribution in [0.5, 0.6) is 0 Å². The second-order valence-electron chi connectivity index (χ2n) is 4.16. The molecule has 2 aromatic rings. The van der Waals surface area contributed by atoms with Crippen LogP contribution in [0.4, 0.5) is 15.8 Å². The van der Waals surface area contributed by atoms with Crippen LogP contribution in [0.1, 0.15) is 0 Å². The molecule has 0 radical (unpaired) electrons. The minimum Gasteiger partial charge on any atom is -0.376 e. The summed E-state index contributed by atoms with van der Waals surface area (Å²) in [5.74, 6) is -0.919. The van der Waals surface area contributed by atoms with E-state index in [0.29, 0.717) is 11.4 Å². The Kier molecular flexibility index (Phi) is 5.45. The van der Waals surface area contributed by atoms with Crippen LogP contribution >= 0.6 is 39.1 Å². The first kappa shape index (κ1) is 16.1. The molecule has 21 heavy (non-hydrogen) atoms. The van der Waals surface area contributed by atoms with Gasteiger partial charge in [0.25, 0.3) is 0 Å². The molecule has 1 amide bonds. The molecule has 0 atom stereocenters. The summed E-state index contributed by atoms with van der Waals surface area (Å²) in [6.07, 6.45) is 0. The number of carbonyl (C=O) groups is 1.